The summed E-state index contributed by atoms with van der Waals surface area (Å²) in [6.45, 7) is 0. The summed E-state index contributed by atoms with van der Waals surface area (Å²) < 4.78 is 0.948. The Labute approximate surface area is 73.2 Å². The van der Waals surface area contributed by atoms with Gasteiger partial charge in [-0.25, -0.2) is 0 Å². The second-order valence-electron chi connectivity index (χ2n) is 2.22. The first-order valence-electron chi connectivity index (χ1n) is 3.27. The summed E-state index contributed by atoms with van der Waals surface area (Å²) in [4.78, 5) is 8.36. The van der Waals surface area contributed by atoms with Gasteiger partial charge in [0.15, 0.2) is 0 Å². The fourth-order valence-corrected chi connectivity index (χ4v) is 1.30. The number of fused-ring (bicyclic) bond motifs is 1. The molecular formula is C8H5AsN2. The van der Waals surface area contributed by atoms with Crippen molar-refractivity contribution in [3.05, 3.63) is 30.5 Å². The van der Waals surface area contributed by atoms with Gasteiger partial charge < -0.3 is 0 Å². The Morgan fingerprint density at radius 1 is 1.18 bits per heavy atom. The Morgan fingerprint density at radius 3 is 3.00 bits per heavy atom. The minimum atomic E-state index is 0.811. The van der Waals surface area contributed by atoms with Crippen LogP contribution < -0.4 is 4.48 Å². The number of hydrogen-bond acceptors (Lipinski definition) is 2. The molecule has 2 aromatic heterocycles. The third-order valence-electron chi connectivity index (χ3n) is 1.45. The molecule has 2 radical (unpaired) electrons. The molecule has 0 N–H and O–H groups in total. The van der Waals surface area contributed by atoms with E-state index in [0.717, 1.165) is 15.5 Å². The summed E-state index contributed by atoms with van der Waals surface area (Å²) >= 11 is 2.40. The topological polar surface area (TPSA) is 25.8 Å². The van der Waals surface area contributed by atoms with E-state index in [1.54, 1.807) is 6.20 Å². The number of pyridine rings is 2. The molecule has 0 spiro atoms. The summed E-state index contributed by atoms with van der Waals surface area (Å²) in [6.07, 6.45) is 1.75. The van der Waals surface area contributed by atoms with Crippen LogP contribution in [0.4, 0.5) is 0 Å². The van der Waals surface area contributed by atoms with Crippen molar-refractivity contribution in [2.45, 2.75) is 0 Å². The van der Waals surface area contributed by atoms with E-state index in [4.69, 9.17) is 0 Å². The zero-order chi connectivity index (χ0) is 7.68. The monoisotopic (exact) mass is 204 g/mol. The first kappa shape index (κ1) is 6.81. The van der Waals surface area contributed by atoms with Gasteiger partial charge in [-0.3, -0.25) is 0 Å². The maximum atomic E-state index is 4.24. The number of hydrogen-bond donors (Lipinski definition) is 0. The van der Waals surface area contributed by atoms with Gasteiger partial charge >= 0.3 is 72.8 Å². The summed E-state index contributed by atoms with van der Waals surface area (Å²) in [5.41, 5.74) is 0.811. The van der Waals surface area contributed by atoms with E-state index >= 15 is 0 Å². The average molecular weight is 204 g/mol. The standard InChI is InChI=1S/C8H5AsN2/c9-7-4-3-6-2-1-5-10-8(6)11-7/h1-5H. The molecule has 0 atom stereocenters. The van der Waals surface area contributed by atoms with Crippen LogP contribution in [0.25, 0.3) is 11.0 Å². The Kier molecular flexibility index (Phi) is 1.63. The second-order valence-corrected chi connectivity index (χ2v) is 3.18. The molecule has 0 aliphatic rings. The minimum absolute atomic E-state index is 0.811. The molecule has 0 saturated heterocycles. The van der Waals surface area contributed by atoms with Crippen molar-refractivity contribution in [2.24, 2.45) is 0 Å². The van der Waals surface area contributed by atoms with Crippen LogP contribution in [0.5, 0.6) is 0 Å². The van der Waals surface area contributed by atoms with Gasteiger partial charge in [0.25, 0.3) is 0 Å². The van der Waals surface area contributed by atoms with Gasteiger partial charge in [-0.2, -0.15) is 0 Å². The molecule has 0 aliphatic carbocycles. The van der Waals surface area contributed by atoms with Gasteiger partial charge in [-0.15, -0.1) is 0 Å². The van der Waals surface area contributed by atoms with E-state index in [-0.39, 0.29) is 0 Å². The number of nitrogens with zero attached hydrogens (tertiary/aromatic N) is 2. The van der Waals surface area contributed by atoms with Gasteiger partial charge in [0.05, 0.1) is 0 Å². The van der Waals surface area contributed by atoms with Crippen LogP contribution >= 0.6 is 0 Å². The molecule has 3 heteroatoms. The Balaban J connectivity index is 2.83. The van der Waals surface area contributed by atoms with E-state index in [1.165, 1.54) is 0 Å². The van der Waals surface area contributed by atoms with Gasteiger partial charge in [0.1, 0.15) is 0 Å². The van der Waals surface area contributed by atoms with Crippen LogP contribution in [0, 0.1) is 0 Å². The summed E-state index contributed by atoms with van der Waals surface area (Å²) in [7, 11) is 0. The SMILES string of the molecule is [As]c1ccc2cccnc2n1. The molecule has 2 nitrogen and oxygen atoms in total. The van der Waals surface area contributed by atoms with Crippen molar-refractivity contribution >= 4 is 32.4 Å². The third kappa shape index (κ3) is 1.26. The summed E-state index contributed by atoms with van der Waals surface area (Å²) in [5, 5.41) is 1.09. The molecule has 2 aromatic rings. The second kappa shape index (κ2) is 2.63. The molecule has 0 aromatic carbocycles. The third-order valence-corrected chi connectivity index (χ3v) is 1.97. The molecule has 0 unspecified atom stereocenters. The molecule has 11 heavy (non-hydrogen) atoms. The zero-order valence-corrected chi connectivity index (χ0v) is 7.60. The first-order valence-corrected chi connectivity index (χ1v) is 4.21. The summed E-state index contributed by atoms with van der Waals surface area (Å²) in [6, 6.07) is 7.89. The van der Waals surface area contributed by atoms with Crippen LogP contribution in [-0.4, -0.2) is 26.8 Å². The maximum absolute atomic E-state index is 4.24. The fourth-order valence-electron chi connectivity index (χ4n) is 0.943. The Bertz CT molecular complexity index is 387. The van der Waals surface area contributed by atoms with Gasteiger partial charge in [0.2, 0.25) is 0 Å². The van der Waals surface area contributed by atoms with E-state index in [0.29, 0.717) is 0 Å². The predicted octanol–water partition coefficient (Wildman–Crippen LogP) is 0.424. The molecule has 0 saturated carbocycles. The van der Waals surface area contributed by atoms with Crippen molar-refractivity contribution in [3.8, 4) is 0 Å². The molecule has 52 valence electrons. The van der Waals surface area contributed by atoms with Crippen LogP contribution in [0.2, 0.25) is 0 Å². The van der Waals surface area contributed by atoms with Crippen LogP contribution in [0.1, 0.15) is 0 Å². The molecule has 2 heterocycles. The Morgan fingerprint density at radius 2 is 2.09 bits per heavy atom. The van der Waals surface area contributed by atoms with Crippen molar-refractivity contribution in [3.63, 3.8) is 0 Å². The predicted molar refractivity (Wildman–Crippen MR) is 44.9 cm³/mol. The van der Waals surface area contributed by atoms with E-state index < -0.39 is 0 Å². The first-order chi connectivity index (χ1) is 5.36. The van der Waals surface area contributed by atoms with Crippen LogP contribution in [0.15, 0.2) is 30.5 Å². The molecular weight excluding hydrogens is 199 g/mol. The van der Waals surface area contributed by atoms with Crippen molar-refractivity contribution in [2.75, 3.05) is 0 Å². The van der Waals surface area contributed by atoms with Gasteiger partial charge in [-0.05, 0) is 0 Å². The zero-order valence-electron chi connectivity index (χ0n) is 5.73. The average Bonchev–Trinajstić information content (AvgIpc) is 2.04. The van der Waals surface area contributed by atoms with E-state index in [9.17, 15) is 0 Å². The fraction of sp³-hybridized carbons (Fsp3) is 0. The molecule has 0 bridgehead atoms. The molecule has 2 rings (SSSR count). The van der Waals surface area contributed by atoms with E-state index in [1.807, 2.05) is 24.3 Å². The van der Waals surface area contributed by atoms with E-state index in [2.05, 4.69) is 26.8 Å². The van der Waals surface area contributed by atoms with Gasteiger partial charge in [0, 0.05) is 0 Å². The van der Waals surface area contributed by atoms with Crippen molar-refractivity contribution in [1.82, 2.24) is 9.97 Å². The van der Waals surface area contributed by atoms with Crippen LogP contribution in [0.3, 0.4) is 0 Å². The summed E-state index contributed by atoms with van der Waals surface area (Å²) in [5.74, 6) is 0. The molecule has 0 aliphatic heterocycles. The number of rotatable bonds is 0. The molecule has 0 fully saturated rings. The molecule has 0 amide bonds. The van der Waals surface area contributed by atoms with Crippen molar-refractivity contribution in [1.29, 1.82) is 0 Å². The normalized spacial score (nSPS) is 10.3. The van der Waals surface area contributed by atoms with Crippen LogP contribution in [-0.2, 0) is 0 Å². The van der Waals surface area contributed by atoms with Crippen molar-refractivity contribution < 1.29 is 0 Å². The van der Waals surface area contributed by atoms with Gasteiger partial charge in [-0.1, -0.05) is 0 Å². The number of aromatic nitrogens is 2. The Hall–Kier alpha value is -0.882. The quantitative estimate of drug-likeness (QED) is 0.581.